The van der Waals surface area contributed by atoms with Crippen molar-refractivity contribution in [1.29, 1.82) is 0 Å². The largest absolute Gasteiger partial charge is 0.350 e. The van der Waals surface area contributed by atoms with Crippen molar-refractivity contribution in [2.75, 3.05) is 24.6 Å². The fourth-order valence-electron chi connectivity index (χ4n) is 9.38. The Kier molecular flexibility index (Phi) is 48.7. The van der Waals surface area contributed by atoms with Crippen LogP contribution in [0.1, 0.15) is 310 Å². The molecule has 0 aromatic rings. The Labute approximate surface area is 461 Å². The van der Waals surface area contributed by atoms with Crippen LogP contribution in [0.5, 0.6) is 0 Å². The summed E-state index contributed by atoms with van der Waals surface area (Å²) in [6.07, 6.45) is 52.3. The molecule has 0 saturated carbocycles. The molecule has 0 aromatic carbocycles. The van der Waals surface area contributed by atoms with Gasteiger partial charge in [-0.3, -0.25) is 19.2 Å². The van der Waals surface area contributed by atoms with Gasteiger partial charge in [0.2, 0.25) is 0 Å². The summed E-state index contributed by atoms with van der Waals surface area (Å²) in [5, 5.41) is 7.73. The number of unbranched alkanes of at least 4 members (excludes halogenated alkanes) is 37. The lowest BCUT2D eigenvalue weighted by atomic mass is 10.0. The molecule has 2 fully saturated rings. The second-order valence-electron chi connectivity index (χ2n) is 21.3. The highest BCUT2D eigenvalue weighted by atomic mass is 33.1. The van der Waals surface area contributed by atoms with E-state index in [1.807, 2.05) is 0 Å². The molecule has 2 unspecified atom stereocenters. The standard InChI is InChI=1S/C52H94N4O8S2.C8H18/c1-3-5-7-9-11-13-15-17-18-19-20-21-22-23-24-26-28-30-32-34-36-42-54-46(52(62)64-56-49(59)39-40-50(56)60)44-66-65-43-45(51(61)63-55-47(57)37-38-48(55)58)53-41-35-33-31-29-27-25-16-14-12-10-8-6-4-2;1-3-5-7-8-6-4-2/h45-46,53-54H,3-44H2,1-2H3;3-8H2,1-2H3. The molecule has 2 heterocycles. The molecule has 0 spiro atoms. The number of carbonyl (C=O) groups excluding carboxylic acids is 6. The van der Waals surface area contributed by atoms with Crippen molar-refractivity contribution in [1.82, 2.24) is 20.8 Å². The van der Waals surface area contributed by atoms with Crippen LogP contribution in [-0.2, 0) is 38.4 Å². The second kappa shape index (κ2) is 51.6. The Balaban J connectivity index is 0.00000314. The number of hydrogen-bond donors (Lipinski definition) is 2. The summed E-state index contributed by atoms with van der Waals surface area (Å²) in [5.74, 6) is -2.96. The van der Waals surface area contributed by atoms with Crippen molar-refractivity contribution in [2.45, 2.75) is 322 Å². The molecule has 2 aliphatic heterocycles. The van der Waals surface area contributed by atoms with Gasteiger partial charge in [-0.05, 0) is 25.9 Å². The van der Waals surface area contributed by atoms with E-state index in [0.717, 1.165) is 38.5 Å². The van der Waals surface area contributed by atoms with E-state index in [0.29, 0.717) is 23.2 Å². The Morgan fingerprint density at radius 1 is 0.351 bits per heavy atom. The molecule has 14 heteroatoms. The maximum atomic E-state index is 13.3. The lowest BCUT2D eigenvalue weighted by Gasteiger charge is -2.21. The van der Waals surface area contributed by atoms with Gasteiger partial charge in [0.1, 0.15) is 12.1 Å². The number of hydrogen-bond acceptors (Lipinski definition) is 12. The average Bonchev–Trinajstić information content (AvgIpc) is 3.89. The van der Waals surface area contributed by atoms with Crippen molar-refractivity contribution in [2.24, 2.45) is 0 Å². The molecule has 2 aliphatic rings. The predicted octanol–water partition coefficient (Wildman–Crippen LogP) is 16.2. The van der Waals surface area contributed by atoms with Crippen LogP contribution < -0.4 is 10.6 Å². The maximum Gasteiger partial charge on any atom is 0.350 e. The van der Waals surface area contributed by atoms with E-state index < -0.39 is 47.7 Å². The second-order valence-corrected chi connectivity index (χ2v) is 23.8. The number of rotatable bonds is 52. The van der Waals surface area contributed by atoms with E-state index in [1.54, 1.807) is 0 Å². The Morgan fingerprint density at radius 2 is 0.541 bits per heavy atom. The van der Waals surface area contributed by atoms with Crippen LogP contribution in [0.4, 0.5) is 0 Å². The van der Waals surface area contributed by atoms with Crippen LogP contribution in [-0.4, -0.2) is 82.4 Å². The summed E-state index contributed by atoms with van der Waals surface area (Å²) >= 11 is 0. The van der Waals surface area contributed by atoms with Crippen LogP contribution in [0.15, 0.2) is 0 Å². The predicted molar refractivity (Wildman–Crippen MR) is 310 cm³/mol. The van der Waals surface area contributed by atoms with Gasteiger partial charge in [0, 0.05) is 37.2 Å². The summed E-state index contributed by atoms with van der Waals surface area (Å²) in [5.41, 5.74) is 0. The van der Waals surface area contributed by atoms with Crippen molar-refractivity contribution >= 4 is 57.2 Å². The van der Waals surface area contributed by atoms with Gasteiger partial charge in [-0.1, -0.05) is 293 Å². The van der Waals surface area contributed by atoms with Crippen LogP contribution in [0.2, 0.25) is 0 Å². The molecule has 2 rings (SSSR count). The fraction of sp³-hybridized carbons (Fsp3) is 0.900. The molecule has 0 bridgehead atoms. The van der Waals surface area contributed by atoms with E-state index in [1.165, 1.54) is 240 Å². The Morgan fingerprint density at radius 3 is 0.743 bits per heavy atom. The van der Waals surface area contributed by atoms with E-state index in [4.69, 9.17) is 9.68 Å². The molecular weight excluding hydrogens is 969 g/mol. The Hall–Kier alpha value is -2.16. The lowest BCUT2D eigenvalue weighted by Crippen LogP contribution is -2.45. The monoisotopic (exact) mass is 1080 g/mol. The zero-order valence-corrected chi connectivity index (χ0v) is 49.7. The first-order chi connectivity index (χ1) is 36.2. The molecule has 2 atom stereocenters. The van der Waals surface area contributed by atoms with E-state index in [-0.39, 0.29) is 37.2 Å². The molecule has 4 amide bonds. The van der Waals surface area contributed by atoms with E-state index in [2.05, 4.69) is 38.3 Å². The van der Waals surface area contributed by atoms with Gasteiger partial charge in [-0.25, -0.2) is 9.59 Å². The first-order valence-corrected chi connectivity index (χ1v) is 33.5. The summed E-state index contributed by atoms with van der Waals surface area (Å²) in [7, 11) is 2.73. The zero-order chi connectivity index (χ0) is 54.0. The van der Waals surface area contributed by atoms with Gasteiger partial charge in [0.15, 0.2) is 0 Å². The SMILES string of the molecule is CCCCCCCC.CCCCCCCCCCCCCCCCCCCCCCCNC(CSSCC(NCCCCCCCCCCCCCCC)C(=O)ON1C(=O)CCC1=O)C(=O)ON1C(=O)CCC1=O. The molecule has 2 N–H and O–H groups in total. The number of imide groups is 2. The summed E-state index contributed by atoms with van der Waals surface area (Å²) < 4.78 is 0. The van der Waals surface area contributed by atoms with Crippen molar-refractivity contribution in [3.63, 3.8) is 0 Å². The third-order valence-corrected chi connectivity index (χ3v) is 16.7. The molecule has 432 valence electrons. The fourth-order valence-corrected chi connectivity index (χ4v) is 11.7. The van der Waals surface area contributed by atoms with E-state index >= 15 is 0 Å². The van der Waals surface area contributed by atoms with Gasteiger partial charge in [0.25, 0.3) is 23.6 Å². The maximum absolute atomic E-state index is 13.3. The zero-order valence-electron chi connectivity index (χ0n) is 48.1. The van der Waals surface area contributed by atoms with Crippen LogP contribution in [0.25, 0.3) is 0 Å². The summed E-state index contributed by atoms with van der Waals surface area (Å²) in [6, 6.07) is -1.56. The average molecular weight is 1080 g/mol. The molecule has 0 aromatic heterocycles. The van der Waals surface area contributed by atoms with Gasteiger partial charge in [-0.2, -0.15) is 0 Å². The van der Waals surface area contributed by atoms with Crippen molar-refractivity contribution in [3.05, 3.63) is 0 Å². The molecule has 2 saturated heterocycles. The minimum Gasteiger partial charge on any atom is -0.329 e. The number of nitrogens with zero attached hydrogens (tertiary/aromatic N) is 2. The van der Waals surface area contributed by atoms with Gasteiger partial charge in [-0.15, -0.1) is 10.1 Å². The molecule has 0 radical (unpaired) electrons. The van der Waals surface area contributed by atoms with Crippen LogP contribution in [0.3, 0.4) is 0 Å². The summed E-state index contributed by atoms with van der Waals surface area (Å²) in [4.78, 5) is 85.9. The number of amides is 4. The van der Waals surface area contributed by atoms with Crippen molar-refractivity contribution < 1.29 is 38.4 Å². The van der Waals surface area contributed by atoms with Crippen LogP contribution >= 0.6 is 21.6 Å². The highest BCUT2D eigenvalue weighted by Crippen LogP contribution is 2.25. The van der Waals surface area contributed by atoms with Gasteiger partial charge in [0.05, 0.1) is 0 Å². The highest BCUT2D eigenvalue weighted by molar-refractivity contribution is 8.76. The number of nitrogens with one attached hydrogen (secondary N) is 2. The smallest absolute Gasteiger partial charge is 0.329 e. The highest BCUT2D eigenvalue weighted by Gasteiger charge is 2.36. The Bertz CT molecular complexity index is 1370. The third-order valence-electron chi connectivity index (χ3n) is 14.3. The van der Waals surface area contributed by atoms with Gasteiger partial charge < -0.3 is 20.3 Å². The molecule has 74 heavy (non-hydrogen) atoms. The molecule has 12 nitrogen and oxygen atoms in total. The van der Waals surface area contributed by atoms with E-state index in [9.17, 15) is 28.8 Å². The first kappa shape index (κ1) is 69.9. The third kappa shape index (κ3) is 39.2. The summed E-state index contributed by atoms with van der Waals surface area (Å²) in [6.45, 7) is 10.2. The topological polar surface area (TPSA) is 151 Å². The number of carbonyl (C=O) groups is 6. The minimum atomic E-state index is -0.780. The minimum absolute atomic E-state index is 0.0203. The quantitative estimate of drug-likeness (QED) is 0.0339. The van der Waals surface area contributed by atoms with Crippen molar-refractivity contribution in [3.8, 4) is 0 Å². The molecule has 0 aliphatic carbocycles. The van der Waals surface area contributed by atoms with Gasteiger partial charge >= 0.3 is 11.9 Å². The molecular formula is C60H112N4O8S2. The lowest BCUT2D eigenvalue weighted by molar-refractivity contribution is -0.198. The normalized spacial score (nSPS) is 14.5. The van der Waals surface area contributed by atoms with Crippen LogP contribution in [0, 0.1) is 0 Å². The number of hydroxylamine groups is 4. The first-order valence-electron chi connectivity index (χ1n) is 31.1.